The fraction of sp³-hybridized carbons (Fsp3) is 0.438. The Balaban J connectivity index is 2.65. The van der Waals surface area contributed by atoms with Gasteiger partial charge in [0.05, 0.1) is 0 Å². The van der Waals surface area contributed by atoms with Crippen molar-refractivity contribution in [2.24, 2.45) is 0 Å². The van der Waals surface area contributed by atoms with E-state index in [4.69, 9.17) is 4.74 Å². The van der Waals surface area contributed by atoms with Crippen molar-refractivity contribution in [3.8, 4) is 5.75 Å². The number of carbonyl (C=O) groups is 1. The molecule has 0 radical (unpaired) electrons. The molecule has 1 aromatic rings. The molecule has 1 amide bonds. The number of halogens is 1. The summed E-state index contributed by atoms with van der Waals surface area (Å²) in [4.78, 5) is 11.8. The van der Waals surface area contributed by atoms with Gasteiger partial charge in [0.25, 0.3) is 5.91 Å². The van der Waals surface area contributed by atoms with E-state index in [2.05, 4.69) is 33.1 Å². The predicted molar refractivity (Wildman–Crippen MR) is 89.4 cm³/mol. The Morgan fingerprint density at radius 1 is 1.43 bits per heavy atom. The topological polar surface area (TPSA) is 50.4 Å². The molecule has 2 N–H and O–H groups in total. The van der Waals surface area contributed by atoms with Crippen molar-refractivity contribution >= 4 is 21.8 Å². The number of benzene rings is 1. The lowest BCUT2D eigenvalue weighted by Gasteiger charge is -2.21. The third-order valence-corrected chi connectivity index (χ3v) is 2.99. The molecule has 0 heterocycles. The molecular weight excluding hydrogens is 332 g/mol. The van der Waals surface area contributed by atoms with Gasteiger partial charge in [0.2, 0.25) is 0 Å². The zero-order chi connectivity index (χ0) is 15.9. The van der Waals surface area contributed by atoms with Crippen LogP contribution in [0.15, 0.2) is 35.3 Å². The van der Waals surface area contributed by atoms with Gasteiger partial charge in [0.15, 0.2) is 6.61 Å². The number of hydrogen-bond acceptors (Lipinski definition) is 3. The van der Waals surface area contributed by atoms with Crippen LogP contribution in [0, 0.1) is 0 Å². The largest absolute Gasteiger partial charge is 0.483 e. The van der Waals surface area contributed by atoms with Gasteiger partial charge in [-0.15, -0.1) is 6.58 Å². The van der Waals surface area contributed by atoms with E-state index in [0.29, 0.717) is 12.3 Å². The molecule has 0 spiro atoms. The summed E-state index contributed by atoms with van der Waals surface area (Å²) in [5, 5.41) is 6.10. The van der Waals surface area contributed by atoms with Crippen LogP contribution in [0.1, 0.15) is 26.3 Å². The van der Waals surface area contributed by atoms with Gasteiger partial charge < -0.3 is 15.4 Å². The Morgan fingerprint density at radius 3 is 2.76 bits per heavy atom. The van der Waals surface area contributed by atoms with Crippen molar-refractivity contribution in [1.82, 2.24) is 10.6 Å². The van der Waals surface area contributed by atoms with E-state index < -0.39 is 0 Å². The van der Waals surface area contributed by atoms with E-state index in [1.807, 2.05) is 39.0 Å². The normalized spacial score (nSPS) is 11.0. The van der Waals surface area contributed by atoms with Crippen LogP contribution in [0.2, 0.25) is 0 Å². The second-order valence-corrected chi connectivity index (χ2v) is 6.67. The van der Waals surface area contributed by atoms with Gasteiger partial charge in [-0.05, 0) is 39.0 Å². The lowest BCUT2D eigenvalue weighted by molar-refractivity contribution is -0.124. The van der Waals surface area contributed by atoms with Crippen LogP contribution in [0.5, 0.6) is 5.75 Å². The fourth-order valence-electron chi connectivity index (χ4n) is 1.73. The van der Waals surface area contributed by atoms with Gasteiger partial charge in [0.1, 0.15) is 5.75 Å². The highest BCUT2D eigenvalue weighted by Crippen LogP contribution is 2.23. The standard InChI is InChI=1S/C16H23BrN2O2/c1-5-8-18-10-12-9-13(17)6-7-14(12)21-11-15(20)19-16(2,3)4/h5-7,9,18H,1,8,10-11H2,2-4H3,(H,19,20). The first-order valence-electron chi connectivity index (χ1n) is 6.85. The molecule has 0 fully saturated rings. The monoisotopic (exact) mass is 354 g/mol. The second-order valence-electron chi connectivity index (χ2n) is 5.76. The minimum atomic E-state index is -0.255. The molecule has 0 saturated heterocycles. The molecule has 0 aromatic heterocycles. The number of amides is 1. The summed E-state index contributed by atoms with van der Waals surface area (Å²) in [5.74, 6) is 0.578. The van der Waals surface area contributed by atoms with Gasteiger partial charge in [-0.1, -0.05) is 22.0 Å². The summed E-state index contributed by atoms with van der Waals surface area (Å²) < 4.78 is 6.61. The van der Waals surface area contributed by atoms with Gasteiger partial charge in [-0.2, -0.15) is 0 Å². The Labute approximate surface area is 135 Å². The van der Waals surface area contributed by atoms with Crippen molar-refractivity contribution in [1.29, 1.82) is 0 Å². The Bertz CT molecular complexity index is 496. The molecule has 1 rings (SSSR count). The Kier molecular flexibility index (Phi) is 6.92. The molecule has 0 aliphatic heterocycles. The van der Waals surface area contributed by atoms with Crippen LogP contribution in [0.3, 0.4) is 0 Å². The number of ether oxygens (including phenoxy) is 1. The molecule has 116 valence electrons. The van der Waals surface area contributed by atoms with Crippen LogP contribution < -0.4 is 15.4 Å². The highest BCUT2D eigenvalue weighted by atomic mass is 79.9. The van der Waals surface area contributed by atoms with Gasteiger partial charge in [-0.3, -0.25) is 4.79 Å². The van der Waals surface area contributed by atoms with Gasteiger partial charge >= 0.3 is 0 Å². The molecule has 21 heavy (non-hydrogen) atoms. The number of carbonyl (C=O) groups excluding carboxylic acids is 1. The van der Waals surface area contributed by atoms with E-state index in [1.165, 1.54) is 0 Å². The quantitative estimate of drug-likeness (QED) is 0.584. The third kappa shape index (κ3) is 7.29. The molecule has 0 aliphatic rings. The lowest BCUT2D eigenvalue weighted by atomic mass is 10.1. The maximum absolute atomic E-state index is 11.8. The van der Waals surface area contributed by atoms with Crippen LogP contribution in [-0.2, 0) is 11.3 Å². The molecule has 5 heteroatoms. The average Bonchev–Trinajstić information content (AvgIpc) is 2.36. The Hall–Kier alpha value is -1.33. The molecular formula is C16H23BrN2O2. The highest BCUT2D eigenvalue weighted by Gasteiger charge is 2.14. The van der Waals surface area contributed by atoms with Crippen LogP contribution >= 0.6 is 15.9 Å². The molecule has 0 aliphatic carbocycles. The predicted octanol–water partition coefficient (Wildman–Crippen LogP) is 3.02. The van der Waals surface area contributed by atoms with Crippen molar-refractivity contribution in [2.45, 2.75) is 32.9 Å². The van der Waals surface area contributed by atoms with E-state index in [-0.39, 0.29) is 18.1 Å². The van der Waals surface area contributed by atoms with Crippen LogP contribution in [0.25, 0.3) is 0 Å². The van der Waals surface area contributed by atoms with Crippen molar-refractivity contribution in [3.05, 3.63) is 40.9 Å². The van der Waals surface area contributed by atoms with E-state index >= 15 is 0 Å². The highest BCUT2D eigenvalue weighted by molar-refractivity contribution is 9.10. The third-order valence-electron chi connectivity index (χ3n) is 2.50. The molecule has 0 atom stereocenters. The van der Waals surface area contributed by atoms with Crippen molar-refractivity contribution in [3.63, 3.8) is 0 Å². The minimum Gasteiger partial charge on any atom is -0.483 e. The van der Waals surface area contributed by atoms with Crippen LogP contribution in [-0.4, -0.2) is 24.6 Å². The summed E-state index contributed by atoms with van der Waals surface area (Å²) in [6, 6.07) is 5.74. The first-order valence-corrected chi connectivity index (χ1v) is 7.65. The van der Waals surface area contributed by atoms with E-state index in [9.17, 15) is 4.79 Å². The first-order chi connectivity index (χ1) is 9.81. The number of rotatable bonds is 7. The summed E-state index contributed by atoms with van der Waals surface area (Å²) in [5.41, 5.74) is 0.740. The first kappa shape index (κ1) is 17.7. The Morgan fingerprint density at radius 2 is 2.14 bits per heavy atom. The molecule has 0 bridgehead atoms. The SMILES string of the molecule is C=CCNCc1cc(Br)ccc1OCC(=O)NC(C)(C)C. The average molecular weight is 355 g/mol. The zero-order valence-electron chi connectivity index (χ0n) is 12.8. The molecule has 1 aromatic carbocycles. The lowest BCUT2D eigenvalue weighted by Crippen LogP contribution is -2.43. The molecule has 4 nitrogen and oxygen atoms in total. The van der Waals surface area contributed by atoms with Gasteiger partial charge in [0, 0.05) is 28.7 Å². The maximum atomic E-state index is 11.8. The van der Waals surface area contributed by atoms with Crippen molar-refractivity contribution < 1.29 is 9.53 Å². The summed E-state index contributed by atoms with van der Waals surface area (Å²) >= 11 is 3.44. The minimum absolute atomic E-state index is 0.00730. The maximum Gasteiger partial charge on any atom is 0.258 e. The summed E-state index contributed by atoms with van der Waals surface area (Å²) in [7, 11) is 0. The van der Waals surface area contributed by atoms with Gasteiger partial charge in [-0.25, -0.2) is 0 Å². The number of hydrogen-bond donors (Lipinski definition) is 2. The summed E-state index contributed by atoms with van der Waals surface area (Å²) in [6.07, 6.45) is 1.80. The molecule has 0 saturated carbocycles. The van der Waals surface area contributed by atoms with Crippen LogP contribution in [0.4, 0.5) is 0 Å². The second kappa shape index (κ2) is 8.20. The smallest absolute Gasteiger partial charge is 0.258 e. The summed E-state index contributed by atoms with van der Waals surface area (Å²) in [6.45, 7) is 10.9. The van der Waals surface area contributed by atoms with E-state index in [0.717, 1.165) is 16.6 Å². The fourth-order valence-corrected chi connectivity index (χ4v) is 2.14. The van der Waals surface area contributed by atoms with E-state index in [1.54, 1.807) is 6.08 Å². The molecule has 0 unspecified atom stereocenters. The number of nitrogens with one attached hydrogen (secondary N) is 2. The van der Waals surface area contributed by atoms with Crippen molar-refractivity contribution in [2.75, 3.05) is 13.2 Å². The zero-order valence-corrected chi connectivity index (χ0v) is 14.4.